The van der Waals surface area contributed by atoms with Gasteiger partial charge in [-0.05, 0) is 35.9 Å². The lowest BCUT2D eigenvalue weighted by Gasteiger charge is -2.27. The summed E-state index contributed by atoms with van der Waals surface area (Å²) in [6, 6.07) is 6.91. The number of benzene rings is 1. The Bertz CT molecular complexity index is 719. The number of piperazine rings is 1. The molecule has 2 heterocycles. The predicted molar refractivity (Wildman–Crippen MR) is 100 cm³/mol. The molecular formula is C17H25N3O3S2. The summed E-state index contributed by atoms with van der Waals surface area (Å²) < 4.78 is 27.2. The van der Waals surface area contributed by atoms with Crippen molar-refractivity contribution in [3.8, 4) is 0 Å². The molecule has 0 saturated carbocycles. The number of sulfonamides is 1. The molecule has 2 saturated heterocycles. The van der Waals surface area contributed by atoms with Gasteiger partial charge in [0.15, 0.2) is 0 Å². The van der Waals surface area contributed by atoms with Gasteiger partial charge in [0.1, 0.15) is 0 Å². The summed E-state index contributed by atoms with van der Waals surface area (Å²) in [6.07, 6.45) is 1.01. The molecule has 25 heavy (non-hydrogen) atoms. The molecule has 1 aromatic carbocycles. The molecule has 2 aliphatic heterocycles. The SMILES string of the molecule is CC(C)SCCNS(=O)(=O)c1ccc(C(=O)N2C[C@@H]3C[C@H]2CN3)cc1. The zero-order valence-corrected chi connectivity index (χ0v) is 16.2. The average Bonchev–Trinajstić information content (AvgIpc) is 3.21. The van der Waals surface area contributed by atoms with Crippen LogP contribution in [0.1, 0.15) is 30.6 Å². The lowest BCUT2D eigenvalue weighted by Crippen LogP contribution is -2.46. The van der Waals surface area contributed by atoms with Crippen LogP contribution >= 0.6 is 11.8 Å². The fourth-order valence-electron chi connectivity index (χ4n) is 3.31. The number of nitrogens with zero attached hydrogens (tertiary/aromatic N) is 1. The third-order valence-corrected chi connectivity index (χ3v) is 7.16. The molecule has 138 valence electrons. The number of thioether (sulfide) groups is 1. The Kier molecular flexibility index (Phi) is 5.72. The average molecular weight is 384 g/mol. The number of rotatable bonds is 7. The van der Waals surface area contributed by atoms with E-state index in [2.05, 4.69) is 23.9 Å². The molecule has 6 nitrogen and oxygen atoms in total. The van der Waals surface area contributed by atoms with Gasteiger partial charge in [-0.15, -0.1) is 0 Å². The molecule has 0 aliphatic carbocycles. The third kappa shape index (κ3) is 4.36. The highest BCUT2D eigenvalue weighted by molar-refractivity contribution is 7.99. The minimum absolute atomic E-state index is 0.0146. The largest absolute Gasteiger partial charge is 0.333 e. The molecule has 2 atom stereocenters. The van der Waals surface area contributed by atoms with E-state index in [1.54, 1.807) is 23.9 Å². The fourth-order valence-corrected chi connectivity index (χ4v) is 5.16. The third-order valence-electron chi connectivity index (χ3n) is 4.57. The minimum Gasteiger partial charge on any atom is -0.333 e. The first kappa shape index (κ1) is 18.7. The lowest BCUT2D eigenvalue weighted by molar-refractivity contribution is 0.0716. The van der Waals surface area contributed by atoms with Gasteiger partial charge in [-0.2, -0.15) is 11.8 Å². The van der Waals surface area contributed by atoms with Gasteiger partial charge in [-0.1, -0.05) is 13.8 Å². The summed E-state index contributed by atoms with van der Waals surface area (Å²) in [5, 5.41) is 3.85. The Labute approximate surface area is 153 Å². The Morgan fingerprint density at radius 1 is 1.36 bits per heavy atom. The summed E-state index contributed by atoms with van der Waals surface area (Å²) in [5.74, 6) is 0.721. The molecule has 0 aromatic heterocycles. The van der Waals surface area contributed by atoms with Gasteiger partial charge in [-0.3, -0.25) is 4.79 Å². The van der Waals surface area contributed by atoms with Gasteiger partial charge < -0.3 is 10.2 Å². The number of hydrogen-bond acceptors (Lipinski definition) is 5. The summed E-state index contributed by atoms with van der Waals surface area (Å²) in [5.41, 5.74) is 0.543. The molecule has 2 bridgehead atoms. The van der Waals surface area contributed by atoms with Crippen LogP contribution in [0.25, 0.3) is 0 Å². The van der Waals surface area contributed by atoms with Crippen molar-refractivity contribution >= 4 is 27.7 Å². The van der Waals surface area contributed by atoms with Gasteiger partial charge in [0, 0.05) is 43.0 Å². The van der Waals surface area contributed by atoms with Gasteiger partial charge in [0.2, 0.25) is 10.0 Å². The Morgan fingerprint density at radius 2 is 2.08 bits per heavy atom. The van der Waals surface area contributed by atoms with Crippen molar-refractivity contribution in [2.24, 2.45) is 0 Å². The number of carbonyl (C=O) groups excluding carboxylic acids is 1. The molecular weight excluding hydrogens is 358 g/mol. The molecule has 1 aromatic rings. The molecule has 0 radical (unpaired) electrons. The molecule has 8 heteroatoms. The van der Waals surface area contributed by atoms with E-state index in [9.17, 15) is 13.2 Å². The maximum atomic E-state index is 12.6. The van der Waals surface area contributed by atoms with Crippen LogP contribution in [0.3, 0.4) is 0 Å². The van der Waals surface area contributed by atoms with Crippen LogP contribution < -0.4 is 10.0 Å². The van der Waals surface area contributed by atoms with Crippen LogP contribution in [-0.2, 0) is 10.0 Å². The van der Waals surface area contributed by atoms with E-state index in [4.69, 9.17) is 0 Å². The lowest BCUT2D eigenvalue weighted by atomic mass is 10.2. The Morgan fingerprint density at radius 3 is 2.64 bits per heavy atom. The molecule has 0 spiro atoms. The second-order valence-electron chi connectivity index (χ2n) is 6.79. The highest BCUT2D eigenvalue weighted by Crippen LogP contribution is 2.25. The normalized spacial score (nSPS) is 22.8. The number of fused-ring (bicyclic) bond motifs is 2. The molecule has 2 N–H and O–H groups in total. The van der Waals surface area contributed by atoms with Gasteiger partial charge in [0.25, 0.3) is 5.91 Å². The molecule has 2 fully saturated rings. The maximum absolute atomic E-state index is 12.6. The zero-order chi connectivity index (χ0) is 18.0. The van der Waals surface area contributed by atoms with Crippen LogP contribution in [0.15, 0.2) is 29.2 Å². The van der Waals surface area contributed by atoms with E-state index in [0.29, 0.717) is 23.4 Å². The van der Waals surface area contributed by atoms with Crippen LogP contribution in [0.2, 0.25) is 0 Å². The molecule has 0 unspecified atom stereocenters. The molecule has 2 aliphatic rings. The Hall–Kier alpha value is -1.09. The van der Waals surface area contributed by atoms with Crippen molar-refractivity contribution in [3.63, 3.8) is 0 Å². The van der Waals surface area contributed by atoms with Crippen molar-refractivity contribution in [3.05, 3.63) is 29.8 Å². The van der Waals surface area contributed by atoms with E-state index in [0.717, 1.165) is 25.3 Å². The van der Waals surface area contributed by atoms with Gasteiger partial charge >= 0.3 is 0 Å². The van der Waals surface area contributed by atoms with E-state index in [1.807, 2.05) is 4.90 Å². The monoisotopic (exact) mass is 383 g/mol. The van der Waals surface area contributed by atoms with Crippen LogP contribution in [0.5, 0.6) is 0 Å². The van der Waals surface area contributed by atoms with E-state index >= 15 is 0 Å². The fraction of sp³-hybridized carbons (Fsp3) is 0.588. The maximum Gasteiger partial charge on any atom is 0.254 e. The first-order valence-electron chi connectivity index (χ1n) is 8.62. The number of carbonyl (C=O) groups is 1. The highest BCUT2D eigenvalue weighted by Gasteiger charge is 2.40. The van der Waals surface area contributed by atoms with E-state index in [1.165, 1.54) is 12.1 Å². The summed E-state index contributed by atoms with van der Waals surface area (Å²) in [4.78, 5) is 14.7. The predicted octanol–water partition coefficient (Wildman–Crippen LogP) is 1.29. The highest BCUT2D eigenvalue weighted by atomic mass is 32.2. The molecule has 1 amide bonds. The van der Waals surface area contributed by atoms with Crippen LogP contribution in [0, 0.1) is 0 Å². The first-order valence-corrected chi connectivity index (χ1v) is 11.2. The number of amides is 1. The minimum atomic E-state index is -3.53. The summed E-state index contributed by atoms with van der Waals surface area (Å²) >= 11 is 1.71. The van der Waals surface area contributed by atoms with Crippen molar-refractivity contribution in [1.82, 2.24) is 14.9 Å². The Balaban J connectivity index is 1.60. The number of hydrogen-bond donors (Lipinski definition) is 2. The number of likely N-dealkylation sites (tertiary alicyclic amines) is 1. The van der Waals surface area contributed by atoms with E-state index in [-0.39, 0.29) is 16.8 Å². The van der Waals surface area contributed by atoms with Crippen molar-refractivity contribution in [2.45, 2.75) is 42.5 Å². The topological polar surface area (TPSA) is 78.5 Å². The van der Waals surface area contributed by atoms with E-state index < -0.39 is 10.0 Å². The van der Waals surface area contributed by atoms with Crippen molar-refractivity contribution in [2.75, 3.05) is 25.4 Å². The van der Waals surface area contributed by atoms with Gasteiger partial charge in [0.05, 0.1) is 4.90 Å². The van der Waals surface area contributed by atoms with Gasteiger partial charge in [-0.25, -0.2) is 13.1 Å². The molecule has 3 rings (SSSR count). The smallest absolute Gasteiger partial charge is 0.254 e. The summed E-state index contributed by atoms with van der Waals surface area (Å²) in [6.45, 7) is 6.14. The van der Waals surface area contributed by atoms with Crippen LogP contribution in [-0.4, -0.2) is 61.9 Å². The van der Waals surface area contributed by atoms with Crippen molar-refractivity contribution in [1.29, 1.82) is 0 Å². The standard InChI is InChI=1S/C17H25N3O3S2/c1-12(2)24-8-7-19-25(22,23)16-5-3-13(4-6-16)17(21)20-11-14-9-15(20)10-18-14/h3-6,12,14-15,18-19H,7-11H2,1-2H3/t14-,15-/m0/s1. The van der Waals surface area contributed by atoms with Crippen LogP contribution in [0.4, 0.5) is 0 Å². The first-order chi connectivity index (χ1) is 11.9. The zero-order valence-electron chi connectivity index (χ0n) is 14.6. The second kappa shape index (κ2) is 7.65. The quantitative estimate of drug-likeness (QED) is 0.694. The second-order valence-corrected chi connectivity index (χ2v) is 10.2. The number of nitrogens with one attached hydrogen (secondary N) is 2. The summed E-state index contributed by atoms with van der Waals surface area (Å²) in [7, 11) is -3.53. The van der Waals surface area contributed by atoms with Crippen molar-refractivity contribution < 1.29 is 13.2 Å².